The van der Waals surface area contributed by atoms with E-state index in [9.17, 15) is 9.90 Å². The van der Waals surface area contributed by atoms with Crippen LogP contribution in [0, 0.1) is 11.3 Å². The number of likely N-dealkylation sites (tertiary alicyclic amines) is 1. The van der Waals surface area contributed by atoms with E-state index in [2.05, 4.69) is 6.58 Å². The predicted molar refractivity (Wildman–Crippen MR) is 72.1 cm³/mol. The molecule has 2 fully saturated rings. The molecule has 1 amide bonds. The van der Waals surface area contributed by atoms with Crippen molar-refractivity contribution < 1.29 is 9.90 Å². The second-order valence-corrected chi connectivity index (χ2v) is 6.00. The summed E-state index contributed by atoms with van der Waals surface area (Å²) in [6.07, 6.45) is 9.20. The van der Waals surface area contributed by atoms with Crippen molar-refractivity contribution in [1.29, 1.82) is 0 Å². The summed E-state index contributed by atoms with van der Waals surface area (Å²) in [6, 6.07) is 0. The largest absolute Gasteiger partial charge is 0.396 e. The topological polar surface area (TPSA) is 40.5 Å². The molecule has 0 spiro atoms. The van der Waals surface area contributed by atoms with Crippen molar-refractivity contribution in [2.45, 2.75) is 44.9 Å². The van der Waals surface area contributed by atoms with Gasteiger partial charge < -0.3 is 10.0 Å². The van der Waals surface area contributed by atoms with Gasteiger partial charge in [0.05, 0.1) is 6.61 Å². The number of hydrogen-bond acceptors (Lipinski definition) is 2. The minimum Gasteiger partial charge on any atom is -0.396 e. The maximum atomic E-state index is 12.4. The average molecular weight is 251 g/mol. The first-order chi connectivity index (χ1) is 8.71. The smallest absolute Gasteiger partial charge is 0.225 e. The molecule has 1 saturated carbocycles. The van der Waals surface area contributed by atoms with Gasteiger partial charge in [0.1, 0.15) is 0 Å². The number of allylic oxidation sites excluding steroid dienone is 1. The molecule has 2 aliphatic rings. The van der Waals surface area contributed by atoms with Gasteiger partial charge >= 0.3 is 0 Å². The summed E-state index contributed by atoms with van der Waals surface area (Å²) in [6.45, 7) is 5.52. The number of amides is 1. The van der Waals surface area contributed by atoms with Crippen LogP contribution in [0.25, 0.3) is 0 Å². The number of rotatable bonds is 4. The Kier molecular flexibility index (Phi) is 4.44. The monoisotopic (exact) mass is 251 g/mol. The van der Waals surface area contributed by atoms with Crippen molar-refractivity contribution in [1.82, 2.24) is 4.90 Å². The van der Waals surface area contributed by atoms with E-state index in [4.69, 9.17) is 0 Å². The zero-order chi connectivity index (χ0) is 13.0. The zero-order valence-corrected chi connectivity index (χ0v) is 11.2. The number of aliphatic hydroxyl groups excluding tert-OH is 1. The molecule has 1 heterocycles. The molecule has 3 heteroatoms. The molecular weight excluding hydrogens is 226 g/mol. The van der Waals surface area contributed by atoms with Gasteiger partial charge in [0.25, 0.3) is 0 Å². The molecule has 0 radical (unpaired) electrons. The third kappa shape index (κ3) is 2.77. The van der Waals surface area contributed by atoms with Crippen LogP contribution in [0.3, 0.4) is 0 Å². The number of aliphatic hydroxyl groups is 1. The second-order valence-electron chi connectivity index (χ2n) is 6.00. The number of carbonyl (C=O) groups is 1. The SMILES string of the molecule is C=CC[C@]1(CO)CCCN(C(=O)C2CCCC2)C1. The highest BCUT2D eigenvalue weighted by molar-refractivity contribution is 5.79. The maximum absolute atomic E-state index is 12.4. The Balaban J connectivity index is 2.00. The number of hydrogen-bond donors (Lipinski definition) is 1. The molecule has 0 aromatic rings. The molecule has 3 nitrogen and oxygen atoms in total. The Morgan fingerprint density at radius 2 is 2.11 bits per heavy atom. The van der Waals surface area contributed by atoms with E-state index in [1.54, 1.807) is 0 Å². The van der Waals surface area contributed by atoms with Gasteiger partial charge in [-0.2, -0.15) is 0 Å². The summed E-state index contributed by atoms with van der Waals surface area (Å²) in [7, 11) is 0. The van der Waals surface area contributed by atoms with Crippen LogP contribution >= 0.6 is 0 Å². The van der Waals surface area contributed by atoms with Crippen LogP contribution in [-0.2, 0) is 4.79 Å². The van der Waals surface area contributed by atoms with Crippen LogP contribution in [0.15, 0.2) is 12.7 Å². The van der Waals surface area contributed by atoms with Crippen molar-refractivity contribution in [3.05, 3.63) is 12.7 Å². The van der Waals surface area contributed by atoms with E-state index >= 15 is 0 Å². The zero-order valence-electron chi connectivity index (χ0n) is 11.2. The minimum absolute atomic E-state index is 0.131. The van der Waals surface area contributed by atoms with Gasteiger partial charge in [-0.25, -0.2) is 0 Å². The molecule has 18 heavy (non-hydrogen) atoms. The Labute approximate surface area is 110 Å². The van der Waals surface area contributed by atoms with Crippen molar-refractivity contribution in [2.24, 2.45) is 11.3 Å². The van der Waals surface area contributed by atoms with Crippen LogP contribution in [0.1, 0.15) is 44.9 Å². The Hall–Kier alpha value is -0.830. The first kappa shape index (κ1) is 13.6. The molecule has 0 aromatic carbocycles. The standard InChI is InChI=1S/C15H25NO2/c1-2-8-15(12-17)9-5-10-16(11-15)14(18)13-6-3-4-7-13/h2,13,17H,1,3-12H2/t15-/m0/s1. The van der Waals surface area contributed by atoms with Crippen LogP contribution in [0.2, 0.25) is 0 Å². The highest BCUT2D eigenvalue weighted by Crippen LogP contribution is 2.35. The summed E-state index contributed by atoms with van der Waals surface area (Å²) in [5, 5.41) is 9.65. The van der Waals surface area contributed by atoms with Gasteiger partial charge in [0, 0.05) is 24.4 Å². The lowest BCUT2D eigenvalue weighted by Gasteiger charge is -2.42. The van der Waals surface area contributed by atoms with Crippen molar-refractivity contribution in [3.8, 4) is 0 Å². The number of piperidine rings is 1. The van der Waals surface area contributed by atoms with E-state index in [1.165, 1.54) is 12.8 Å². The summed E-state index contributed by atoms with van der Waals surface area (Å²) in [5.74, 6) is 0.581. The van der Waals surface area contributed by atoms with Gasteiger partial charge in [-0.05, 0) is 32.1 Å². The first-order valence-electron chi connectivity index (χ1n) is 7.21. The van der Waals surface area contributed by atoms with Crippen molar-refractivity contribution in [2.75, 3.05) is 19.7 Å². The fourth-order valence-corrected chi connectivity index (χ4v) is 3.49. The molecule has 102 valence electrons. The predicted octanol–water partition coefficient (Wildman–Crippen LogP) is 2.35. The third-order valence-corrected chi connectivity index (χ3v) is 4.59. The third-order valence-electron chi connectivity index (χ3n) is 4.59. The van der Waals surface area contributed by atoms with Crippen molar-refractivity contribution in [3.63, 3.8) is 0 Å². The van der Waals surface area contributed by atoms with Gasteiger partial charge in [-0.15, -0.1) is 6.58 Å². The van der Waals surface area contributed by atoms with E-state index in [0.717, 1.165) is 38.6 Å². The highest BCUT2D eigenvalue weighted by atomic mass is 16.3. The van der Waals surface area contributed by atoms with Crippen molar-refractivity contribution >= 4 is 5.91 Å². The maximum Gasteiger partial charge on any atom is 0.225 e. The molecule has 1 N–H and O–H groups in total. The molecular formula is C15H25NO2. The molecule has 0 bridgehead atoms. The summed E-state index contributed by atoms with van der Waals surface area (Å²) in [5.41, 5.74) is -0.131. The van der Waals surface area contributed by atoms with E-state index in [-0.39, 0.29) is 17.9 Å². The quantitative estimate of drug-likeness (QED) is 0.779. The van der Waals surface area contributed by atoms with E-state index in [0.29, 0.717) is 12.5 Å². The molecule has 0 aromatic heterocycles. The fourth-order valence-electron chi connectivity index (χ4n) is 3.49. The summed E-state index contributed by atoms with van der Waals surface area (Å²) < 4.78 is 0. The van der Waals surface area contributed by atoms with Crippen LogP contribution in [-0.4, -0.2) is 35.6 Å². The molecule has 0 unspecified atom stereocenters. The van der Waals surface area contributed by atoms with Gasteiger partial charge in [0.2, 0.25) is 5.91 Å². The summed E-state index contributed by atoms with van der Waals surface area (Å²) >= 11 is 0. The molecule has 1 atom stereocenters. The lowest BCUT2D eigenvalue weighted by Crippen LogP contribution is -2.49. The Morgan fingerprint density at radius 1 is 1.39 bits per heavy atom. The lowest BCUT2D eigenvalue weighted by molar-refractivity contribution is -0.139. The van der Waals surface area contributed by atoms with Crippen LogP contribution in [0.4, 0.5) is 0 Å². The molecule has 1 aliphatic carbocycles. The van der Waals surface area contributed by atoms with E-state index in [1.807, 2.05) is 11.0 Å². The molecule has 1 aliphatic heterocycles. The normalized spacial score (nSPS) is 29.5. The van der Waals surface area contributed by atoms with Gasteiger partial charge in [0.15, 0.2) is 0 Å². The van der Waals surface area contributed by atoms with E-state index < -0.39 is 0 Å². The lowest BCUT2D eigenvalue weighted by atomic mass is 9.77. The average Bonchev–Trinajstić information content (AvgIpc) is 2.92. The minimum atomic E-state index is -0.131. The van der Waals surface area contributed by atoms with Gasteiger partial charge in [-0.1, -0.05) is 18.9 Å². The Bertz CT molecular complexity index is 310. The Morgan fingerprint density at radius 3 is 2.72 bits per heavy atom. The molecule has 2 rings (SSSR count). The molecule has 1 saturated heterocycles. The first-order valence-corrected chi connectivity index (χ1v) is 7.21. The number of carbonyl (C=O) groups excluding carboxylic acids is 1. The summed E-state index contributed by atoms with van der Waals surface area (Å²) in [4.78, 5) is 14.4. The van der Waals surface area contributed by atoms with Crippen LogP contribution in [0.5, 0.6) is 0 Å². The highest BCUT2D eigenvalue weighted by Gasteiger charge is 2.37. The number of nitrogens with zero attached hydrogens (tertiary/aromatic N) is 1. The second kappa shape index (κ2) is 5.87. The fraction of sp³-hybridized carbons (Fsp3) is 0.800. The van der Waals surface area contributed by atoms with Crippen LogP contribution < -0.4 is 0 Å². The van der Waals surface area contributed by atoms with Gasteiger partial charge in [-0.3, -0.25) is 4.79 Å².